The smallest absolute Gasteiger partial charge is 0.0468 e. The van der Waals surface area contributed by atoms with Crippen LogP contribution in [0.15, 0.2) is 47.6 Å². The molecule has 0 bridgehead atoms. The molecule has 0 radical (unpaired) electrons. The van der Waals surface area contributed by atoms with Crippen molar-refractivity contribution in [3.05, 3.63) is 47.6 Å². The molecular weight excluding hydrogens is 208 g/mol. The van der Waals surface area contributed by atoms with Gasteiger partial charge in [0.15, 0.2) is 0 Å². The molecule has 2 aliphatic rings. The Kier molecular flexibility index (Phi) is 4.01. The molecular formula is C16H22O. The fourth-order valence-corrected chi connectivity index (χ4v) is 2.64. The Labute approximate surface area is 104 Å². The van der Waals surface area contributed by atoms with Gasteiger partial charge in [0.05, 0.1) is 0 Å². The summed E-state index contributed by atoms with van der Waals surface area (Å²) in [6.07, 6.45) is 13.1. The number of hydrogen-bond acceptors (Lipinski definition) is 1. The van der Waals surface area contributed by atoms with Crippen LogP contribution < -0.4 is 0 Å². The van der Waals surface area contributed by atoms with Crippen LogP contribution in [0.1, 0.15) is 32.6 Å². The third kappa shape index (κ3) is 2.98. The van der Waals surface area contributed by atoms with Gasteiger partial charge in [-0.3, -0.25) is 0 Å². The summed E-state index contributed by atoms with van der Waals surface area (Å²) < 4.78 is 0. The summed E-state index contributed by atoms with van der Waals surface area (Å²) in [6.45, 7) is 6.20. The summed E-state index contributed by atoms with van der Waals surface area (Å²) in [5.74, 6) is 1.51. The van der Waals surface area contributed by atoms with Crippen molar-refractivity contribution >= 4 is 0 Å². The first-order valence-corrected chi connectivity index (χ1v) is 6.57. The molecule has 0 aliphatic heterocycles. The predicted octanol–water partition coefficient (Wildman–Crippen LogP) is 3.78. The largest absolute Gasteiger partial charge is 0.396 e. The second kappa shape index (κ2) is 5.50. The molecule has 17 heavy (non-hydrogen) atoms. The Morgan fingerprint density at radius 2 is 2.24 bits per heavy atom. The molecule has 1 fully saturated rings. The van der Waals surface area contributed by atoms with Crippen molar-refractivity contribution in [3.8, 4) is 0 Å². The number of rotatable bonds is 6. The van der Waals surface area contributed by atoms with E-state index in [1.54, 1.807) is 0 Å². The number of allylic oxidation sites excluding steroid dienone is 6. The highest BCUT2D eigenvalue weighted by molar-refractivity contribution is 5.48. The first-order chi connectivity index (χ1) is 8.26. The fourth-order valence-electron chi connectivity index (χ4n) is 2.64. The Morgan fingerprint density at radius 1 is 1.47 bits per heavy atom. The van der Waals surface area contributed by atoms with E-state index in [0.717, 1.165) is 12.3 Å². The Bertz CT molecular complexity index is 380. The molecule has 0 aromatic rings. The molecule has 0 aromatic heterocycles. The average molecular weight is 230 g/mol. The SMILES string of the molecule is C=C/C=C\C1=C(C)C(CC2CC2)C(CCO)=C1. The zero-order valence-corrected chi connectivity index (χ0v) is 10.7. The quantitative estimate of drug-likeness (QED) is 0.688. The monoisotopic (exact) mass is 230 g/mol. The van der Waals surface area contributed by atoms with E-state index in [0.29, 0.717) is 5.92 Å². The standard InChI is InChI=1S/C16H22O/c1-3-4-5-14-11-15(8-9-17)16(12(14)2)10-13-6-7-13/h3-5,11,13,16-17H,1,6-10H2,2H3/b5-4-. The third-order valence-corrected chi connectivity index (χ3v) is 3.84. The maximum atomic E-state index is 9.15. The average Bonchev–Trinajstić information content (AvgIpc) is 3.08. The summed E-state index contributed by atoms with van der Waals surface area (Å²) in [6, 6.07) is 0. The minimum absolute atomic E-state index is 0.263. The van der Waals surface area contributed by atoms with Crippen molar-refractivity contribution in [2.75, 3.05) is 6.61 Å². The van der Waals surface area contributed by atoms with Gasteiger partial charge in [-0.1, -0.05) is 54.9 Å². The normalized spacial score (nSPS) is 24.6. The van der Waals surface area contributed by atoms with E-state index in [9.17, 15) is 0 Å². The molecule has 0 aromatic carbocycles. The fraction of sp³-hybridized carbons (Fsp3) is 0.500. The van der Waals surface area contributed by atoms with Crippen molar-refractivity contribution in [1.82, 2.24) is 0 Å². The second-order valence-electron chi connectivity index (χ2n) is 5.16. The van der Waals surface area contributed by atoms with Crippen molar-refractivity contribution < 1.29 is 5.11 Å². The Balaban J connectivity index is 2.14. The number of aliphatic hydroxyl groups is 1. The second-order valence-corrected chi connectivity index (χ2v) is 5.16. The summed E-state index contributed by atoms with van der Waals surface area (Å²) in [5, 5.41) is 9.15. The van der Waals surface area contributed by atoms with Gasteiger partial charge in [-0.2, -0.15) is 0 Å². The van der Waals surface area contributed by atoms with E-state index in [1.807, 2.05) is 12.2 Å². The van der Waals surface area contributed by atoms with Crippen LogP contribution in [-0.4, -0.2) is 11.7 Å². The van der Waals surface area contributed by atoms with Crippen molar-refractivity contribution in [2.24, 2.45) is 11.8 Å². The highest BCUT2D eigenvalue weighted by atomic mass is 16.2. The Hall–Kier alpha value is -1.08. The lowest BCUT2D eigenvalue weighted by Crippen LogP contribution is -2.05. The molecule has 1 unspecified atom stereocenters. The third-order valence-electron chi connectivity index (χ3n) is 3.84. The van der Waals surface area contributed by atoms with Crippen molar-refractivity contribution in [2.45, 2.75) is 32.6 Å². The molecule has 0 spiro atoms. The van der Waals surface area contributed by atoms with E-state index >= 15 is 0 Å². The lowest BCUT2D eigenvalue weighted by Gasteiger charge is -2.16. The first kappa shape index (κ1) is 12.4. The predicted molar refractivity (Wildman–Crippen MR) is 72.7 cm³/mol. The van der Waals surface area contributed by atoms with E-state index in [1.165, 1.54) is 36.0 Å². The first-order valence-electron chi connectivity index (χ1n) is 6.57. The molecule has 1 saturated carbocycles. The van der Waals surface area contributed by atoms with Crippen LogP contribution >= 0.6 is 0 Å². The van der Waals surface area contributed by atoms with Gasteiger partial charge in [0, 0.05) is 12.5 Å². The van der Waals surface area contributed by atoms with Crippen molar-refractivity contribution in [1.29, 1.82) is 0 Å². The molecule has 1 nitrogen and oxygen atoms in total. The highest BCUT2D eigenvalue weighted by Crippen LogP contribution is 2.44. The van der Waals surface area contributed by atoms with E-state index < -0.39 is 0 Å². The number of hydrogen-bond donors (Lipinski definition) is 1. The molecule has 0 saturated heterocycles. The van der Waals surface area contributed by atoms with Gasteiger partial charge in [-0.15, -0.1) is 0 Å². The maximum absolute atomic E-state index is 9.15. The molecule has 0 heterocycles. The summed E-state index contributed by atoms with van der Waals surface area (Å²) >= 11 is 0. The molecule has 2 rings (SSSR count). The van der Waals surface area contributed by atoms with Crippen LogP contribution in [0.5, 0.6) is 0 Å². The van der Waals surface area contributed by atoms with Crippen LogP contribution in [0.4, 0.5) is 0 Å². The van der Waals surface area contributed by atoms with Gasteiger partial charge in [-0.25, -0.2) is 0 Å². The van der Waals surface area contributed by atoms with E-state index in [4.69, 9.17) is 5.11 Å². The van der Waals surface area contributed by atoms with Crippen LogP contribution in [0, 0.1) is 11.8 Å². The van der Waals surface area contributed by atoms with Gasteiger partial charge >= 0.3 is 0 Å². The molecule has 1 N–H and O–H groups in total. The maximum Gasteiger partial charge on any atom is 0.0468 e. The van der Waals surface area contributed by atoms with Crippen LogP contribution in [-0.2, 0) is 0 Å². The zero-order valence-electron chi connectivity index (χ0n) is 10.7. The van der Waals surface area contributed by atoms with E-state index in [-0.39, 0.29) is 6.61 Å². The lowest BCUT2D eigenvalue weighted by molar-refractivity contribution is 0.294. The highest BCUT2D eigenvalue weighted by Gasteiger charge is 2.30. The zero-order chi connectivity index (χ0) is 12.3. The molecule has 2 aliphatic carbocycles. The minimum atomic E-state index is 0.263. The molecule has 1 atom stereocenters. The Morgan fingerprint density at radius 3 is 2.82 bits per heavy atom. The van der Waals surface area contributed by atoms with Gasteiger partial charge < -0.3 is 5.11 Å². The van der Waals surface area contributed by atoms with Gasteiger partial charge in [0.2, 0.25) is 0 Å². The van der Waals surface area contributed by atoms with Gasteiger partial charge in [0.25, 0.3) is 0 Å². The van der Waals surface area contributed by atoms with Crippen LogP contribution in [0.2, 0.25) is 0 Å². The molecule has 92 valence electrons. The lowest BCUT2D eigenvalue weighted by atomic mass is 9.89. The van der Waals surface area contributed by atoms with Crippen molar-refractivity contribution in [3.63, 3.8) is 0 Å². The van der Waals surface area contributed by atoms with Crippen LogP contribution in [0.3, 0.4) is 0 Å². The summed E-state index contributed by atoms with van der Waals surface area (Å²) in [4.78, 5) is 0. The van der Waals surface area contributed by atoms with Gasteiger partial charge in [-0.05, 0) is 31.3 Å². The van der Waals surface area contributed by atoms with Crippen LogP contribution in [0.25, 0.3) is 0 Å². The van der Waals surface area contributed by atoms with E-state index in [2.05, 4.69) is 25.7 Å². The number of aliphatic hydroxyl groups excluding tert-OH is 1. The van der Waals surface area contributed by atoms with Gasteiger partial charge in [0.1, 0.15) is 0 Å². The molecule has 0 amide bonds. The minimum Gasteiger partial charge on any atom is -0.396 e. The topological polar surface area (TPSA) is 20.2 Å². The summed E-state index contributed by atoms with van der Waals surface area (Å²) in [7, 11) is 0. The molecule has 1 heteroatoms. The summed E-state index contributed by atoms with van der Waals surface area (Å²) in [5.41, 5.74) is 4.21.